The largest absolute Gasteiger partial charge is 0.491 e. The van der Waals surface area contributed by atoms with E-state index < -0.39 is 17.8 Å². The molecule has 1 unspecified atom stereocenters. The van der Waals surface area contributed by atoms with Crippen LogP contribution in [0.5, 0.6) is 5.75 Å². The standard InChI is InChI=1S/C13H14BrFN2O4/c14-8-4-7-10(6-21-11(7)5-9(8)15)17-13(20)16-3-1-2-12(18)19/h4-5,10H,1-3,6H2,(H,18,19)(H2,16,17,20). The minimum Gasteiger partial charge on any atom is -0.491 e. The molecule has 0 saturated carbocycles. The van der Waals surface area contributed by atoms with Gasteiger partial charge in [-0.05, 0) is 28.4 Å². The number of aliphatic carboxylic acids is 1. The van der Waals surface area contributed by atoms with Crippen molar-refractivity contribution in [3.63, 3.8) is 0 Å². The fraction of sp³-hybridized carbons (Fsp3) is 0.385. The maximum atomic E-state index is 13.4. The van der Waals surface area contributed by atoms with Gasteiger partial charge in [0.1, 0.15) is 18.2 Å². The van der Waals surface area contributed by atoms with Crippen LogP contribution < -0.4 is 15.4 Å². The number of carbonyl (C=O) groups is 2. The van der Waals surface area contributed by atoms with Crippen LogP contribution in [0, 0.1) is 5.82 Å². The summed E-state index contributed by atoms with van der Waals surface area (Å²) >= 11 is 3.09. The van der Waals surface area contributed by atoms with Gasteiger partial charge in [0.2, 0.25) is 0 Å². The lowest BCUT2D eigenvalue weighted by Gasteiger charge is -2.13. The second kappa shape index (κ2) is 6.75. The number of ether oxygens (including phenoxy) is 1. The van der Waals surface area contributed by atoms with Crippen molar-refractivity contribution >= 4 is 27.9 Å². The van der Waals surface area contributed by atoms with Crippen LogP contribution in [-0.4, -0.2) is 30.3 Å². The summed E-state index contributed by atoms with van der Waals surface area (Å²) in [6, 6.07) is 2.07. The van der Waals surface area contributed by atoms with Gasteiger partial charge in [-0.15, -0.1) is 0 Å². The Morgan fingerprint density at radius 1 is 1.48 bits per heavy atom. The molecule has 0 aromatic heterocycles. The minimum absolute atomic E-state index is 0.00186. The number of amides is 2. The first-order valence-corrected chi connectivity index (χ1v) is 7.14. The molecule has 114 valence electrons. The smallest absolute Gasteiger partial charge is 0.315 e. The number of benzene rings is 1. The second-order valence-corrected chi connectivity index (χ2v) is 5.42. The van der Waals surface area contributed by atoms with E-state index in [1.54, 1.807) is 6.07 Å². The lowest BCUT2D eigenvalue weighted by atomic mass is 10.1. The van der Waals surface area contributed by atoms with Gasteiger partial charge in [0.05, 0.1) is 10.5 Å². The fourth-order valence-electron chi connectivity index (χ4n) is 1.97. The first-order chi connectivity index (χ1) is 9.97. The maximum absolute atomic E-state index is 13.4. The van der Waals surface area contributed by atoms with Crippen LogP contribution in [0.15, 0.2) is 16.6 Å². The first-order valence-electron chi connectivity index (χ1n) is 6.35. The number of carbonyl (C=O) groups excluding carboxylic acids is 1. The van der Waals surface area contributed by atoms with Crippen LogP contribution in [0.3, 0.4) is 0 Å². The normalized spacial score (nSPS) is 16.0. The zero-order chi connectivity index (χ0) is 15.4. The molecule has 2 amide bonds. The molecule has 1 atom stereocenters. The Bertz CT molecular complexity index is 567. The van der Waals surface area contributed by atoms with E-state index in [1.807, 2.05) is 0 Å². The van der Waals surface area contributed by atoms with Gasteiger partial charge < -0.3 is 20.5 Å². The molecule has 1 aromatic carbocycles. The lowest BCUT2D eigenvalue weighted by molar-refractivity contribution is -0.137. The summed E-state index contributed by atoms with van der Waals surface area (Å²) in [5.41, 5.74) is 0.698. The van der Waals surface area contributed by atoms with Crippen LogP contribution in [0.2, 0.25) is 0 Å². The number of carboxylic acids is 1. The van der Waals surface area contributed by atoms with Gasteiger partial charge in [-0.3, -0.25) is 4.79 Å². The molecule has 0 radical (unpaired) electrons. The molecular formula is C13H14BrFN2O4. The average molecular weight is 361 g/mol. The van der Waals surface area contributed by atoms with Gasteiger partial charge in [0, 0.05) is 24.6 Å². The molecule has 1 heterocycles. The maximum Gasteiger partial charge on any atom is 0.315 e. The second-order valence-electron chi connectivity index (χ2n) is 4.57. The highest BCUT2D eigenvalue weighted by molar-refractivity contribution is 9.10. The number of hydrogen-bond acceptors (Lipinski definition) is 3. The molecule has 1 aliphatic heterocycles. The highest BCUT2D eigenvalue weighted by Crippen LogP contribution is 2.35. The molecule has 8 heteroatoms. The summed E-state index contributed by atoms with van der Waals surface area (Å²) in [4.78, 5) is 22.0. The van der Waals surface area contributed by atoms with E-state index in [2.05, 4.69) is 26.6 Å². The molecule has 2 rings (SSSR count). The Kier molecular flexibility index (Phi) is 5.00. The zero-order valence-corrected chi connectivity index (χ0v) is 12.6. The van der Waals surface area contributed by atoms with Crippen LogP contribution in [0.25, 0.3) is 0 Å². The van der Waals surface area contributed by atoms with E-state index in [1.165, 1.54) is 6.07 Å². The molecule has 3 N–H and O–H groups in total. The number of urea groups is 1. The zero-order valence-electron chi connectivity index (χ0n) is 11.0. The first kappa shape index (κ1) is 15.6. The Morgan fingerprint density at radius 3 is 2.95 bits per heavy atom. The Balaban J connectivity index is 1.87. The molecule has 0 saturated heterocycles. The van der Waals surface area contributed by atoms with E-state index in [-0.39, 0.29) is 25.6 Å². The molecule has 0 aliphatic carbocycles. The quantitative estimate of drug-likeness (QED) is 0.702. The summed E-state index contributed by atoms with van der Waals surface area (Å²) in [5.74, 6) is -0.915. The monoisotopic (exact) mass is 360 g/mol. The minimum atomic E-state index is -0.901. The SMILES string of the molecule is O=C(O)CCCNC(=O)NC1COc2cc(F)c(Br)cc21. The molecule has 6 nitrogen and oxygen atoms in total. The number of hydrogen-bond donors (Lipinski definition) is 3. The van der Waals surface area contributed by atoms with Crippen molar-refractivity contribution in [1.29, 1.82) is 0 Å². The summed E-state index contributed by atoms with van der Waals surface area (Å²) in [7, 11) is 0. The molecule has 0 spiro atoms. The topological polar surface area (TPSA) is 87.7 Å². The van der Waals surface area contributed by atoms with Crippen molar-refractivity contribution in [2.45, 2.75) is 18.9 Å². The van der Waals surface area contributed by atoms with Crippen molar-refractivity contribution in [1.82, 2.24) is 10.6 Å². The van der Waals surface area contributed by atoms with E-state index in [9.17, 15) is 14.0 Å². The molecule has 0 bridgehead atoms. The summed E-state index contributed by atoms with van der Waals surface area (Å²) in [6.45, 7) is 0.499. The Morgan fingerprint density at radius 2 is 2.24 bits per heavy atom. The molecular weight excluding hydrogens is 347 g/mol. The van der Waals surface area contributed by atoms with Gasteiger partial charge >= 0.3 is 12.0 Å². The number of nitrogens with one attached hydrogen (secondary N) is 2. The van der Waals surface area contributed by atoms with Crippen LogP contribution in [0.4, 0.5) is 9.18 Å². The van der Waals surface area contributed by atoms with Crippen LogP contribution in [0.1, 0.15) is 24.4 Å². The van der Waals surface area contributed by atoms with E-state index >= 15 is 0 Å². The van der Waals surface area contributed by atoms with Crippen molar-refractivity contribution in [2.75, 3.05) is 13.2 Å². The number of fused-ring (bicyclic) bond motifs is 1. The van der Waals surface area contributed by atoms with Crippen LogP contribution in [-0.2, 0) is 4.79 Å². The fourth-order valence-corrected chi connectivity index (χ4v) is 2.34. The van der Waals surface area contributed by atoms with E-state index in [0.29, 0.717) is 22.2 Å². The van der Waals surface area contributed by atoms with Crippen LogP contribution >= 0.6 is 15.9 Å². The van der Waals surface area contributed by atoms with E-state index in [0.717, 1.165) is 0 Å². The highest BCUT2D eigenvalue weighted by Gasteiger charge is 2.27. The molecule has 1 aromatic rings. The third-order valence-electron chi connectivity index (χ3n) is 2.99. The number of carboxylic acid groups (broad SMARTS) is 1. The van der Waals surface area contributed by atoms with Gasteiger partial charge in [-0.1, -0.05) is 0 Å². The predicted octanol–water partition coefficient (Wildman–Crippen LogP) is 2.19. The highest BCUT2D eigenvalue weighted by atomic mass is 79.9. The third-order valence-corrected chi connectivity index (χ3v) is 3.60. The van der Waals surface area contributed by atoms with Crippen molar-refractivity contribution < 1.29 is 23.8 Å². The Hall–Kier alpha value is -1.83. The lowest BCUT2D eigenvalue weighted by Crippen LogP contribution is -2.39. The Labute approximate surface area is 128 Å². The van der Waals surface area contributed by atoms with Gasteiger partial charge in [0.15, 0.2) is 0 Å². The number of halogens is 2. The summed E-state index contributed by atoms with van der Waals surface area (Å²) in [5, 5.41) is 13.8. The van der Waals surface area contributed by atoms with Gasteiger partial charge in [-0.2, -0.15) is 0 Å². The average Bonchev–Trinajstić information content (AvgIpc) is 2.78. The summed E-state index contributed by atoms with van der Waals surface area (Å²) in [6.07, 6.45) is 0.360. The van der Waals surface area contributed by atoms with Crippen molar-refractivity contribution in [3.05, 3.63) is 28.0 Å². The van der Waals surface area contributed by atoms with Gasteiger partial charge in [-0.25, -0.2) is 9.18 Å². The van der Waals surface area contributed by atoms with Gasteiger partial charge in [0.25, 0.3) is 0 Å². The molecule has 1 aliphatic rings. The molecule has 0 fully saturated rings. The molecule has 21 heavy (non-hydrogen) atoms. The third kappa shape index (κ3) is 4.07. The number of rotatable bonds is 5. The summed E-state index contributed by atoms with van der Waals surface area (Å²) < 4.78 is 19.0. The van der Waals surface area contributed by atoms with Crippen molar-refractivity contribution in [2.24, 2.45) is 0 Å². The van der Waals surface area contributed by atoms with E-state index in [4.69, 9.17) is 9.84 Å². The van der Waals surface area contributed by atoms with Crippen molar-refractivity contribution in [3.8, 4) is 5.75 Å². The predicted molar refractivity (Wildman–Crippen MR) is 75.7 cm³/mol.